The van der Waals surface area contributed by atoms with E-state index in [1.54, 1.807) is 5.56 Å². The Morgan fingerprint density at radius 2 is 1.77 bits per heavy atom. The van der Waals surface area contributed by atoms with Crippen LogP contribution in [0.25, 0.3) is 0 Å². The molecule has 0 aromatic heterocycles. The lowest BCUT2D eigenvalue weighted by molar-refractivity contribution is -0.958. The molecule has 0 amide bonds. The standard InChI is InChI=1S/C19H32BN2/c1-14-15(2)18(5-4-17(14)6-9-20)10-16-11-22(3,12-16)13-19(21)7-8-19/h4-5,16H,6-13,20-21H2,1-3H3/q+1. The molecule has 1 aliphatic heterocycles. The molecule has 1 aromatic carbocycles. The zero-order valence-electron chi connectivity index (χ0n) is 14.9. The van der Waals surface area contributed by atoms with Crippen molar-refractivity contribution in [3.05, 3.63) is 34.4 Å². The first-order valence-electron chi connectivity index (χ1n) is 9.04. The predicted octanol–water partition coefficient (Wildman–Crippen LogP) is 2.01. The van der Waals surface area contributed by atoms with E-state index in [0.29, 0.717) is 0 Å². The lowest BCUT2D eigenvalue weighted by atomic mass is 9.84. The molecule has 2 nitrogen and oxygen atoms in total. The molecule has 0 spiro atoms. The van der Waals surface area contributed by atoms with Crippen LogP contribution >= 0.6 is 0 Å². The minimum Gasteiger partial charge on any atom is -0.324 e. The number of rotatable bonds is 6. The number of nitrogens with two attached hydrogens (primary N) is 1. The summed E-state index contributed by atoms with van der Waals surface area (Å²) >= 11 is 0. The normalized spacial score (nSPS) is 29.2. The highest BCUT2D eigenvalue weighted by molar-refractivity contribution is 6.08. The van der Waals surface area contributed by atoms with Gasteiger partial charge in [0.05, 0.1) is 38.1 Å². The minimum atomic E-state index is 0.189. The Bertz CT molecular complexity index is 557. The zero-order valence-corrected chi connectivity index (χ0v) is 14.9. The Labute approximate surface area is 137 Å². The summed E-state index contributed by atoms with van der Waals surface area (Å²) < 4.78 is 1.20. The Balaban J connectivity index is 1.60. The van der Waals surface area contributed by atoms with Crippen LogP contribution in [0, 0.1) is 19.8 Å². The first-order chi connectivity index (χ1) is 10.3. The van der Waals surface area contributed by atoms with Gasteiger partial charge >= 0.3 is 0 Å². The Kier molecular flexibility index (Phi) is 4.15. The number of aryl methyl sites for hydroxylation is 1. The fourth-order valence-electron chi connectivity index (χ4n) is 4.54. The molecule has 1 heterocycles. The largest absolute Gasteiger partial charge is 0.324 e. The van der Waals surface area contributed by atoms with Gasteiger partial charge in [-0.05, 0) is 61.8 Å². The van der Waals surface area contributed by atoms with Crippen LogP contribution < -0.4 is 5.73 Å². The second-order valence-corrected chi connectivity index (χ2v) is 8.46. The van der Waals surface area contributed by atoms with E-state index >= 15 is 0 Å². The van der Waals surface area contributed by atoms with Crippen molar-refractivity contribution >= 4 is 7.85 Å². The molecular formula is C19H32BN2+. The highest BCUT2D eigenvalue weighted by Crippen LogP contribution is 2.38. The maximum atomic E-state index is 6.31. The van der Waals surface area contributed by atoms with E-state index < -0.39 is 0 Å². The maximum absolute atomic E-state index is 6.31. The topological polar surface area (TPSA) is 26.0 Å². The van der Waals surface area contributed by atoms with Gasteiger partial charge in [0.15, 0.2) is 0 Å². The zero-order chi connectivity index (χ0) is 16.0. The van der Waals surface area contributed by atoms with Gasteiger partial charge in [0, 0.05) is 0 Å². The Morgan fingerprint density at radius 3 is 2.36 bits per heavy atom. The molecule has 3 rings (SSSR count). The van der Waals surface area contributed by atoms with E-state index in [2.05, 4.69) is 40.9 Å². The third-order valence-electron chi connectivity index (χ3n) is 6.03. The summed E-state index contributed by atoms with van der Waals surface area (Å²) in [6.07, 6.45) is 6.18. The molecule has 0 unspecified atom stereocenters. The van der Waals surface area contributed by atoms with Crippen LogP contribution in [0.4, 0.5) is 0 Å². The summed E-state index contributed by atoms with van der Waals surface area (Å²) in [5.41, 5.74) is 12.7. The van der Waals surface area contributed by atoms with Crippen LogP contribution in [0.5, 0.6) is 0 Å². The lowest BCUT2D eigenvalue weighted by Gasteiger charge is -2.49. The first kappa shape index (κ1) is 16.1. The minimum absolute atomic E-state index is 0.189. The molecule has 2 N–H and O–H groups in total. The van der Waals surface area contributed by atoms with Gasteiger partial charge in [0.2, 0.25) is 0 Å². The van der Waals surface area contributed by atoms with Crippen LogP contribution in [0.15, 0.2) is 12.1 Å². The van der Waals surface area contributed by atoms with Gasteiger partial charge in [-0.3, -0.25) is 0 Å². The third kappa shape index (κ3) is 3.26. The smallest absolute Gasteiger partial charge is 0.101 e. The average molecular weight is 299 g/mol. The van der Waals surface area contributed by atoms with E-state index in [4.69, 9.17) is 5.73 Å². The highest BCUT2D eigenvalue weighted by Gasteiger charge is 2.50. The van der Waals surface area contributed by atoms with E-state index in [9.17, 15) is 0 Å². The monoisotopic (exact) mass is 299 g/mol. The average Bonchev–Trinajstić information content (AvgIpc) is 3.13. The number of hydrogen-bond donors (Lipinski definition) is 1. The van der Waals surface area contributed by atoms with Crippen LogP contribution in [-0.2, 0) is 12.8 Å². The molecule has 0 radical (unpaired) electrons. The van der Waals surface area contributed by atoms with Crippen molar-refractivity contribution in [3.8, 4) is 0 Å². The van der Waals surface area contributed by atoms with Gasteiger partial charge in [-0.15, -0.1) is 0 Å². The fourth-order valence-corrected chi connectivity index (χ4v) is 4.54. The van der Waals surface area contributed by atoms with Gasteiger partial charge in [-0.25, -0.2) is 0 Å². The third-order valence-corrected chi connectivity index (χ3v) is 6.03. The summed E-state index contributed by atoms with van der Waals surface area (Å²) in [4.78, 5) is 0. The van der Waals surface area contributed by atoms with Gasteiger partial charge in [-0.2, -0.15) is 0 Å². The number of quaternary nitrogens is 1. The van der Waals surface area contributed by atoms with Gasteiger partial charge in [0.25, 0.3) is 0 Å². The van der Waals surface area contributed by atoms with E-state index in [0.717, 1.165) is 5.92 Å². The molecule has 120 valence electrons. The van der Waals surface area contributed by atoms with Gasteiger partial charge < -0.3 is 10.2 Å². The maximum Gasteiger partial charge on any atom is 0.101 e. The van der Waals surface area contributed by atoms with Crippen molar-refractivity contribution in [3.63, 3.8) is 0 Å². The van der Waals surface area contributed by atoms with Crippen molar-refractivity contribution in [1.82, 2.24) is 0 Å². The van der Waals surface area contributed by atoms with Crippen LogP contribution in [-0.4, -0.2) is 44.6 Å². The molecule has 1 saturated carbocycles. The van der Waals surface area contributed by atoms with Gasteiger partial charge in [0.1, 0.15) is 7.85 Å². The lowest BCUT2D eigenvalue weighted by Crippen LogP contribution is -2.65. The highest BCUT2D eigenvalue weighted by atomic mass is 15.4. The summed E-state index contributed by atoms with van der Waals surface area (Å²) in [6.45, 7) is 8.44. The summed E-state index contributed by atoms with van der Waals surface area (Å²) in [6, 6.07) is 4.76. The summed E-state index contributed by atoms with van der Waals surface area (Å²) in [7, 11) is 4.66. The molecule has 3 heteroatoms. The van der Waals surface area contributed by atoms with Crippen LogP contribution in [0.1, 0.15) is 35.1 Å². The molecule has 22 heavy (non-hydrogen) atoms. The number of likely N-dealkylation sites (N-methyl/N-ethyl adjacent to an activating group) is 1. The summed E-state index contributed by atoms with van der Waals surface area (Å²) in [5, 5.41) is 0. The van der Waals surface area contributed by atoms with Crippen molar-refractivity contribution in [2.24, 2.45) is 11.7 Å². The fraction of sp³-hybridized carbons (Fsp3) is 0.684. The van der Waals surface area contributed by atoms with E-state index in [1.165, 1.54) is 72.8 Å². The van der Waals surface area contributed by atoms with Crippen molar-refractivity contribution in [2.45, 2.75) is 51.4 Å². The number of nitrogens with zero attached hydrogens (tertiary/aromatic N) is 1. The van der Waals surface area contributed by atoms with Crippen LogP contribution in [0.2, 0.25) is 6.32 Å². The SMILES string of the molecule is BCCc1ccc(CC2C[N+](C)(CC3(N)CC3)C2)c(C)c1C. The molecule has 0 bridgehead atoms. The molecule has 0 atom stereocenters. The molecule has 1 aliphatic carbocycles. The quantitative estimate of drug-likeness (QED) is 0.631. The van der Waals surface area contributed by atoms with Crippen LogP contribution in [0.3, 0.4) is 0 Å². The van der Waals surface area contributed by atoms with E-state index in [-0.39, 0.29) is 5.54 Å². The Morgan fingerprint density at radius 1 is 1.18 bits per heavy atom. The molecule has 2 fully saturated rings. The number of likely N-dealkylation sites (tertiary alicyclic amines) is 1. The first-order valence-corrected chi connectivity index (χ1v) is 9.04. The van der Waals surface area contributed by atoms with Crippen molar-refractivity contribution in [2.75, 3.05) is 26.7 Å². The molecule has 1 aromatic rings. The second-order valence-electron chi connectivity index (χ2n) is 8.46. The van der Waals surface area contributed by atoms with E-state index in [1.807, 2.05) is 0 Å². The van der Waals surface area contributed by atoms with Gasteiger partial charge in [-0.1, -0.05) is 18.5 Å². The number of benzene rings is 1. The summed E-state index contributed by atoms with van der Waals surface area (Å²) in [5.74, 6) is 0.850. The van der Waals surface area contributed by atoms with Crippen molar-refractivity contribution < 1.29 is 4.48 Å². The molecular weight excluding hydrogens is 267 g/mol. The molecule has 1 saturated heterocycles. The second kappa shape index (κ2) is 5.69. The predicted molar refractivity (Wildman–Crippen MR) is 97.1 cm³/mol. The van der Waals surface area contributed by atoms with Crippen molar-refractivity contribution in [1.29, 1.82) is 0 Å². The molecule has 2 aliphatic rings. The Hall–Kier alpha value is -0.795. The number of hydrogen-bond acceptors (Lipinski definition) is 1.